The summed E-state index contributed by atoms with van der Waals surface area (Å²) in [5.41, 5.74) is 2.49. The molecule has 0 amide bonds. The minimum Gasteiger partial charge on any atom is -0.550 e. The van der Waals surface area contributed by atoms with Crippen LogP contribution in [0.2, 0.25) is 0 Å². The summed E-state index contributed by atoms with van der Waals surface area (Å²) in [7, 11) is 0. The minimum absolute atomic E-state index is 0.244. The Balaban J connectivity index is 1.68. The Hall–Kier alpha value is -1.81. The van der Waals surface area contributed by atoms with Crippen LogP contribution in [0.15, 0.2) is 30.5 Å². The second kappa shape index (κ2) is 5.05. The normalized spacial score (nSPS) is 23.6. The number of aromatic nitrogens is 1. The van der Waals surface area contributed by atoms with Crippen LogP contribution in [0.5, 0.6) is 0 Å². The van der Waals surface area contributed by atoms with Crippen molar-refractivity contribution in [2.75, 3.05) is 13.1 Å². The van der Waals surface area contributed by atoms with Gasteiger partial charge in [0.05, 0.1) is 13.1 Å². The molecule has 2 N–H and O–H groups in total. The van der Waals surface area contributed by atoms with Gasteiger partial charge in [0.15, 0.2) is 0 Å². The lowest BCUT2D eigenvalue weighted by Crippen LogP contribution is -3.11. The Kier molecular flexibility index (Phi) is 3.25. The summed E-state index contributed by atoms with van der Waals surface area (Å²) in [6, 6.07) is 8.29. The minimum atomic E-state index is -0.883. The number of aromatic amines is 1. The maximum absolute atomic E-state index is 10.8. The van der Waals surface area contributed by atoms with Crippen LogP contribution in [0.1, 0.15) is 18.4 Å². The first-order valence-corrected chi connectivity index (χ1v) is 6.83. The summed E-state index contributed by atoms with van der Waals surface area (Å²) in [4.78, 5) is 15.6. The lowest BCUT2D eigenvalue weighted by Gasteiger charge is -2.29. The average Bonchev–Trinajstić information content (AvgIpc) is 2.83. The Morgan fingerprint density at radius 1 is 1.32 bits per heavy atom. The van der Waals surface area contributed by atoms with Crippen molar-refractivity contribution in [3.63, 3.8) is 0 Å². The summed E-state index contributed by atoms with van der Waals surface area (Å²) in [6.07, 6.45) is 3.54. The molecule has 1 aromatic carbocycles. The van der Waals surface area contributed by atoms with E-state index in [9.17, 15) is 9.90 Å². The number of para-hydroxylation sites is 1. The van der Waals surface area contributed by atoms with Crippen LogP contribution < -0.4 is 10.0 Å². The van der Waals surface area contributed by atoms with Gasteiger partial charge in [0, 0.05) is 47.4 Å². The number of quaternary nitrogens is 1. The van der Waals surface area contributed by atoms with Crippen molar-refractivity contribution in [1.82, 2.24) is 4.98 Å². The van der Waals surface area contributed by atoms with Crippen molar-refractivity contribution in [3.05, 3.63) is 36.0 Å². The van der Waals surface area contributed by atoms with Gasteiger partial charge in [0.1, 0.15) is 6.54 Å². The number of carboxylic acids is 1. The van der Waals surface area contributed by atoms with Gasteiger partial charge >= 0.3 is 0 Å². The van der Waals surface area contributed by atoms with Crippen molar-refractivity contribution >= 4 is 16.9 Å². The monoisotopic (exact) mass is 258 g/mol. The molecular formula is C15H18N2O2. The number of carbonyl (C=O) groups excluding carboxylic acids is 1. The third kappa shape index (κ3) is 2.49. The molecule has 2 aromatic rings. The molecule has 2 heterocycles. The van der Waals surface area contributed by atoms with E-state index in [1.54, 1.807) is 0 Å². The van der Waals surface area contributed by atoms with Crippen LogP contribution in [-0.2, 0) is 11.3 Å². The molecule has 4 heteroatoms. The van der Waals surface area contributed by atoms with Crippen LogP contribution >= 0.6 is 0 Å². The Morgan fingerprint density at radius 2 is 2.05 bits per heavy atom. The third-order valence-electron chi connectivity index (χ3n) is 4.14. The van der Waals surface area contributed by atoms with E-state index in [0.717, 1.165) is 32.5 Å². The van der Waals surface area contributed by atoms with Crippen molar-refractivity contribution < 1.29 is 14.8 Å². The number of carbonyl (C=O) groups is 1. The van der Waals surface area contributed by atoms with Crippen LogP contribution in [0.4, 0.5) is 0 Å². The quantitative estimate of drug-likeness (QED) is 0.795. The third-order valence-corrected chi connectivity index (χ3v) is 4.14. The molecule has 4 nitrogen and oxygen atoms in total. The highest BCUT2D eigenvalue weighted by atomic mass is 16.4. The highest BCUT2D eigenvalue weighted by Crippen LogP contribution is 2.17. The molecule has 0 spiro atoms. The maximum Gasteiger partial charge on any atom is 0.105 e. The second-order valence-corrected chi connectivity index (χ2v) is 5.38. The van der Waals surface area contributed by atoms with Crippen LogP contribution in [0.25, 0.3) is 10.9 Å². The number of benzene rings is 1. The Bertz CT molecular complexity index is 583. The number of rotatable bonds is 3. The van der Waals surface area contributed by atoms with Gasteiger partial charge in [-0.25, -0.2) is 0 Å². The Morgan fingerprint density at radius 3 is 2.79 bits per heavy atom. The van der Waals surface area contributed by atoms with Gasteiger partial charge in [-0.3, -0.25) is 0 Å². The van der Waals surface area contributed by atoms with E-state index in [2.05, 4.69) is 29.4 Å². The first kappa shape index (κ1) is 12.2. The lowest BCUT2D eigenvalue weighted by atomic mass is 9.97. The zero-order chi connectivity index (χ0) is 13.2. The fraction of sp³-hybridized carbons (Fsp3) is 0.400. The highest BCUT2D eigenvalue weighted by Gasteiger charge is 2.23. The molecule has 0 bridgehead atoms. The number of hydrogen-bond acceptors (Lipinski definition) is 2. The first-order chi connectivity index (χ1) is 9.24. The van der Waals surface area contributed by atoms with Crippen molar-refractivity contribution in [3.8, 4) is 0 Å². The molecular weight excluding hydrogens is 240 g/mol. The zero-order valence-electron chi connectivity index (χ0n) is 10.8. The van der Waals surface area contributed by atoms with E-state index in [-0.39, 0.29) is 5.92 Å². The van der Waals surface area contributed by atoms with Gasteiger partial charge in [0.2, 0.25) is 0 Å². The van der Waals surface area contributed by atoms with Crippen LogP contribution in [-0.4, -0.2) is 24.0 Å². The molecule has 1 aliphatic heterocycles. The standard InChI is InChI=1S/C15H18N2O2/c18-15(19)11-5-7-17(8-6-11)10-12-9-16-14-4-2-1-3-13(12)14/h1-4,9,11,16H,5-8,10H2,(H,18,19). The number of aliphatic carboxylic acids is 1. The number of carboxylic acid groups (broad SMARTS) is 1. The number of nitrogens with one attached hydrogen (secondary N) is 2. The van der Waals surface area contributed by atoms with E-state index in [4.69, 9.17) is 0 Å². The van der Waals surface area contributed by atoms with E-state index >= 15 is 0 Å². The van der Waals surface area contributed by atoms with Crippen molar-refractivity contribution in [2.45, 2.75) is 19.4 Å². The summed E-state index contributed by atoms with van der Waals surface area (Å²) in [5, 5.41) is 12.1. The molecule has 1 aromatic heterocycles. The summed E-state index contributed by atoms with van der Waals surface area (Å²) >= 11 is 0. The van der Waals surface area contributed by atoms with Gasteiger partial charge in [0.25, 0.3) is 0 Å². The van der Waals surface area contributed by atoms with Gasteiger partial charge in [-0.05, 0) is 6.07 Å². The fourth-order valence-corrected chi connectivity index (χ4v) is 2.99. The van der Waals surface area contributed by atoms with Gasteiger partial charge in [-0.2, -0.15) is 0 Å². The topological polar surface area (TPSA) is 60.4 Å². The zero-order valence-corrected chi connectivity index (χ0v) is 10.8. The molecule has 1 fully saturated rings. The number of fused-ring (bicyclic) bond motifs is 1. The molecule has 0 radical (unpaired) electrons. The van der Waals surface area contributed by atoms with E-state index in [1.165, 1.54) is 21.4 Å². The fourth-order valence-electron chi connectivity index (χ4n) is 2.99. The molecule has 19 heavy (non-hydrogen) atoms. The largest absolute Gasteiger partial charge is 0.550 e. The molecule has 1 aliphatic rings. The van der Waals surface area contributed by atoms with E-state index in [0.29, 0.717) is 0 Å². The predicted octanol–water partition coefficient (Wildman–Crippen LogP) is -0.287. The molecule has 100 valence electrons. The van der Waals surface area contributed by atoms with E-state index < -0.39 is 5.97 Å². The molecule has 3 rings (SSSR count). The summed E-state index contributed by atoms with van der Waals surface area (Å²) in [6.45, 7) is 2.79. The number of hydrogen-bond donors (Lipinski definition) is 2. The van der Waals surface area contributed by atoms with E-state index in [1.807, 2.05) is 6.07 Å². The number of piperidine rings is 1. The smallest absolute Gasteiger partial charge is 0.105 e. The van der Waals surface area contributed by atoms with Crippen molar-refractivity contribution in [2.24, 2.45) is 5.92 Å². The first-order valence-electron chi connectivity index (χ1n) is 6.83. The van der Waals surface area contributed by atoms with Gasteiger partial charge < -0.3 is 19.8 Å². The Labute approximate surface area is 112 Å². The van der Waals surface area contributed by atoms with Crippen molar-refractivity contribution in [1.29, 1.82) is 0 Å². The second-order valence-electron chi connectivity index (χ2n) is 5.38. The summed E-state index contributed by atoms with van der Waals surface area (Å²) in [5.74, 6) is -1.13. The molecule has 1 saturated heterocycles. The van der Waals surface area contributed by atoms with Gasteiger partial charge in [-0.15, -0.1) is 0 Å². The van der Waals surface area contributed by atoms with Gasteiger partial charge in [-0.1, -0.05) is 18.2 Å². The molecule has 0 aliphatic carbocycles. The number of H-pyrrole nitrogens is 1. The lowest BCUT2D eigenvalue weighted by molar-refractivity contribution is -0.919. The average molecular weight is 258 g/mol. The molecule has 0 saturated carbocycles. The molecule has 0 atom stereocenters. The summed E-state index contributed by atoms with van der Waals surface area (Å²) < 4.78 is 0. The van der Waals surface area contributed by atoms with Crippen LogP contribution in [0, 0.1) is 5.92 Å². The maximum atomic E-state index is 10.8. The number of likely N-dealkylation sites (tertiary alicyclic amines) is 1. The predicted molar refractivity (Wildman–Crippen MR) is 70.4 cm³/mol. The van der Waals surface area contributed by atoms with Crippen LogP contribution in [0.3, 0.4) is 0 Å². The highest BCUT2D eigenvalue weighted by molar-refractivity contribution is 5.82. The SMILES string of the molecule is O=C([O-])C1CC[NH+](Cc2c[nH]c3ccccc23)CC1. The molecule has 0 unspecified atom stereocenters.